The summed E-state index contributed by atoms with van der Waals surface area (Å²) in [4.78, 5) is 21.3. The summed E-state index contributed by atoms with van der Waals surface area (Å²) in [6.45, 7) is 0.458. The summed E-state index contributed by atoms with van der Waals surface area (Å²) in [5, 5.41) is 11.2. The second kappa shape index (κ2) is 11.2. The van der Waals surface area contributed by atoms with Gasteiger partial charge in [0, 0.05) is 35.4 Å². The summed E-state index contributed by atoms with van der Waals surface area (Å²) in [5.74, 6) is 0.00563. The number of aromatic nitrogens is 2. The first-order valence-corrected chi connectivity index (χ1v) is 12.3. The standard InChI is InChI=1S/C21H25N5O3S2/c22-31(28,29)25-11-5-4-8-18(24-14-20(27)16-6-2-1-3-7-16)19-15-30-21(26-19)17-9-12-23-13-10-17/h1-3,6-7,9-10,12-13,15,18,24-25H,4-5,8,11,14H2,(H2,22,28,29). The lowest BCUT2D eigenvalue weighted by molar-refractivity contribution is 0.0986. The zero-order valence-corrected chi connectivity index (χ0v) is 18.5. The molecule has 0 amide bonds. The molecule has 8 nitrogen and oxygen atoms in total. The van der Waals surface area contributed by atoms with Crippen LogP contribution in [0.2, 0.25) is 0 Å². The van der Waals surface area contributed by atoms with Gasteiger partial charge < -0.3 is 5.32 Å². The Morgan fingerprint density at radius 2 is 1.84 bits per heavy atom. The summed E-state index contributed by atoms with van der Waals surface area (Å²) in [6, 6.07) is 12.8. The van der Waals surface area contributed by atoms with Gasteiger partial charge in [0.15, 0.2) is 5.78 Å². The molecule has 0 bridgehead atoms. The largest absolute Gasteiger partial charge is 0.301 e. The van der Waals surface area contributed by atoms with E-state index in [9.17, 15) is 13.2 Å². The SMILES string of the molecule is NS(=O)(=O)NCCCCC(NCC(=O)c1ccccc1)c1csc(-c2ccncc2)n1. The number of hydrogen-bond donors (Lipinski definition) is 3. The van der Waals surface area contributed by atoms with Crippen molar-refractivity contribution in [3.63, 3.8) is 0 Å². The number of hydrogen-bond acceptors (Lipinski definition) is 7. The van der Waals surface area contributed by atoms with E-state index in [1.165, 1.54) is 11.3 Å². The van der Waals surface area contributed by atoms with Gasteiger partial charge in [-0.15, -0.1) is 11.3 Å². The molecule has 3 rings (SSSR count). The summed E-state index contributed by atoms with van der Waals surface area (Å²) in [7, 11) is -3.68. The Balaban J connectivity index is 1.65. The average molecular weight is 460 g/mol. The number of nitrogens with zero attached hydrogens (tertiary/aromatic N) is 2. The number of nitrogens with one attached hydrogen (secondary N) is 2. The Morgan fingerprint density at radius 1 is 1.10 bits per heavy atom. The number of carbonyl (C=O) groups is 1. The first kappa shape index (κ1) is 23.2. The smallest absolute Gasteiger partial charge is 0.274 e. The van der Waals surface area contributed by atoms with Crippen molar-refractivity contribution in [1.29, 1.82) is 0 Å². The number of benzene rings is 1. The molecule has 164 valence electrons. The van der Waals surface area contributed by atoms with Gasteiger partial charge in [-0.25, -0.2) is 14.8 Å². The van der Waals surface area contributed by atoms with Gasteiger partial charge in [-0.2, -0.15) is 8.42 Å². The minimum atomic E-state index is -3.68. The number of nitrogens with two attached hydrogens (primary N) is 1. The van der Waals surface area contributed by atoms with Crippen LogP contribution in [0.3, 0.4) is 0 Å². The van der Waals surface area contributed by atoms with Crippen molar-refractivity contribution in [2.75, 3.05) is 13.1 Å². The Hall–Kier alpha value is -2.50. The maximum absolute atomic E-state index is 12.5. The van der Waals surface area contributed by atoms with Gasteiger partial charge in [0.25, 0.3) is 10.2 Å². The van der Waals surface area contributed by atoms with Gasteiger partial charge in [0.2, 0.25) is 0 Å². The number of unbranched alkanes of at least 4 members (excludes halogenated alkanes) is 1. The monoisotopic (exact) mass is 459 g/mol. The lowest BCUT2D eigenvalue weighted by Crippen LogP contribution is -2.31. The molecule has 0 aliphatic rings. The molecule has 1 aromatic carbocycles. The van der Waals surface area contributed by atoms with Crippen LogP contribution in [0.4, 0.5) is 0 Å². The Bertz CT molecular complexity index is 1070. The quantitative estimate of drug-likeness (QED) is 0.282. The molecular formula is C21H25N5O3S2. The fourth-order valence-electron chi connectivity index (χ4n) is 3.06. The summed E-state index contributed by atoms with van der Waals surface area (Å²) >= 11 is 1.54. The summed E-state index contributed by atoms with van der Waals surface area (Å²) in [5.41, 5.74) is 2.50. The fourth-order valence-corrected chi connectivity index (χ4v) is 4.37. The normalized spacial score (nSPS) is 12.5. The molecular weight excluding hydrogens is 434 g/mol. The van der Waals surface area contributed by atoms with Crippen LogP contribution in [-0.2, 0) is 10.2 Å². The van der Waals surface area contributed by atoms with Gasteiger partial charge in [0.1, 0.15) is 5.01 Å². The van der Waals surface area contributed by atoms with Crippen molar-refractivity contribution in [3.8, 4) is 10.6 Å². The van der Waals surface area contributed by atoms with E-state index in [1.54, 1.807) is 24.5 Å². The van der Waals surface area contributed by atoms with E-state index in [0.717, 1.165) is 22.7 Å². The first-order valence-electron chi connectivity index (χ1n) is 9.87. The third-order valence-electron chi connectivity index (χ3n) is 4.63. The highest BCUT2D eigenvalue weighted by atomic mass is 32.2. The molecule has 2 heterocycles. The van der Waals surface area contributed by atoms with E-state index in [0.29, 0.717) is 18.4 Å². The van der Waals surface area contributed by atoms with Gasteiger partial charge >= 0.3 is 0 Å². The zero-order chi connectivity index (χ0) is 22.1. The van der Waals surface area contributed by atoms with Crippen LogP contribution in [0.1, 0.15) is 41.4 Å². The van der Waals surface area contributed by atoms with E-state index in [2.05, 4.69) is 15.0 Å². The lowest BCUT2D eigenvalue weighted by Gasteiger charge is -2.17. The summed E-state index contributed by atoms with van der Waals surface area (Å²) in [6.07, 6.45) is 5.52. The molecule has 1 unspecified atom stereocenters. The molecule has 0 aliphatic carbocycles. The Morgan fingerprint density at radius 3 is 2.55 bits per heavy atom. The molecule has 10 heteroatoms. The van der Waals surface area contributed by atoms with Crippen LogP contribution >= 0.6 is 11.3 Å². The third kappa shape index (κ3) is 7.60. The molecule has 0 saturated heterocycles. The predicted molar refractivity (Wildman–Crippen MR) is 122 cm³/mol. The Kier molecular flexibility index (Phi) is 8.38. The average Bonchev–Trinajstić information content (AvgIpc) is 3.26. The fraction of sp³-hybridized carbons (Fsp3) is 0.286. The molecule has 0 aliphatic heterocycles. The van der Waals surface area contributed by atoms with Crippen molar-refractivity contribution >= 4 is 27.3 Å². The molecule has 0 saturated carbocycles. The van der Waals surface area contributed by atoms with Crippen LogP contribution in [0.25, 0.3) is 10.6 Å². The van der Waals surface area contributed by atoms with Crippen LogP contribution in [-0.4, -0.2) is 37.3 Å². The van der Waals surface area contributed by atoms with Crippen molar-refractivity contribution in [3.05, 3.63) is 71.5 Å². The summed E-state index contributed by atoms with van der Waals surface area (Å²) < 4.78 is 24.3. The number of rotatable bonds is 12. The van der Waals surface area contributed by atoms with E-state index >= 15 is 0 Å². The van der Waals surface area contributed by atoms with E-state index in [1.807, 2.05) is 35.7 Å². The first-order chi connectivity index (χ1) is 14.9. The number of carbonyl (C=O) groups excluding carboxylic acids is 1. The lowest BCUT2D eigenvalue weighted by atomic mass is 10.1. The minimum absolute atomic E-state index is 0.00563. The maximum atomic E-state index is 12.5. The molecule has 0 fully saturated rings. The number of pyridine rings is 1. The Labute approximate surface area is 186 Å². The number of Topliss-reactive ketones (excluding diaryl/α,β-unsaturated/α-hetero) is 1. The molecule has 1 atom stereocenters. The van der Waals surface area contributed by atoms with Gasteiger partial charge in [-0.3, -0.25) is 9.78 Å². The zero-order valence-electron chi connectivity index (χ0n) is 16.9. The van der Waals surface area contributed by atoms with Crippen LogP contribution in [0.15, 0.2) is 60.2 Å². The van der Waals surface area contributed by atoms with Gasteiger partial charge in [0.05, 0.1) is 18.3 Å². The topological polar surface area (TPSA) is 127 Å². The maximum Gasteiger partial charge on any atom is 0.274 e. The van der Waals surface area contributed by atoms with Crippen molar-refractivity contribution < 1.29 is 13.2 Å². The minimum Gasteiger partial charge on any atom is -0.301 e. The molecule has 3 aromatic rings. The van der Waals surface area contributed by atoms with Crippen molar-refractivity contribution in [2.45, 2.75) is 25.3 Å². The molecule has 4 N–H and O–H groups in total. The van der Waals surface area contributed by atoms with Crippen LogP contribution in [0, 0.1) is 0 Å². The highest BCUT2D eigenvalue weighted by Crippen LogP contribution is 2.28. The number of ketones is 1. The van der Waals surface area contributed by atoms with Gasteiger partial charge in [-0.05, 0) is 25.0 Å². The highest BCUT2D eigenvalue weighted by Gasteiger charge is 2.17. The molecule has 0 spiro atoms. The van der Waals surface area contributed by atoms with E-state index in [-0.39, 0.29) is 24.9 Å². The van der Waals surface area contributed by atoms with Gasteiger partial charge in [-0.1, -0.05) is 36.8 Å². The van der Waals surface area contributed by atoms with E-state index < -0.39 is 10.2 Å². The molecule has 0 radical (unpaired) electrons. The second-order valence-corrected chi connectivity index (χ2v) is 9.21. The number of thiazole rings is 1. The predicted octanol–water partition coefficient (Wildman–Crippen LogP) is 2.68. The third-order valence-corrected chi connectivity index (χ3v) is 6.15. The molecule has 2 aromatic heterocycles. The highest BCUT2D eigenvalue weighted by molar-refractivity contribution is 7.87. The van der Waals surface area contributed by atoms with Crippen molar-refractivity contribution in [2.24, 2.45) is 5.14 Å². The van der Waals surface area contributed by atoms with Crippen molar-refractivity contribution in [1.82, 2.24) is 20.0 Å². The second-order valence-electron chi connectivity index (χ2n) is 6.97. The van der Waals surface area contributed by atoms with E-state index in [4.69, 9.17) is 10.1 Å². The van der Waals surface area contributed by atoms with Crippen LogP contribution in [0.5, 0.6) is 0 Å². The molecule has 31 heavy (non-hydrogen) atoms. The van der Waals surface area contributed by atoms with Crippen LogP contribution < -0.4 is 15.2 Å².